The van der Waals surface area contributed by atoms with E-state index >= 15 is 0 Å². The lowest BCUT2D eigenvalue weighted by atomic mass is 9.97. The summed E-state index contributed by atoms with van der Waals surface area (Å²) in [5.74, 6) is -1.16. The van der Waals surface area contributed by atoms with E-state index in [2.05, 4.69) is 23.4 Å². The molecule has 0 spiro atoms. The van der Waals surface area contributed by atoms with Crippen LogP contribution in [0.15, 0.2) is 23.6 Å². The zero-order chi connectivity index (χ0) is 16.6. The highest BCUT2D eigenvalue weighted by Crippen LogP contribution is 2.35. The molecule has 2 aromatic rings. The van der Waals surface area contributed by atoms with Gasteiger partial charge in [0.25, 0.3) is 5.91 Å². The van der Waals surface area contributed by atoms with Gasteiger partial charge in [0.05, 0.1) is 17.3 Å². The van der Waals surface area contributed by atoms with Gasteiger partial charge in [-0.05, 0) is 48.9 Å². The Morgan fingerprint density at radius 3 is 2.83 bits per heavy atom. The first-order chi connectivity index (χ1) is 11.0. The molecule has 3 heterocycles. The van der Waals surface area contributed by atoms with Gasteiger partial charge >= 0.3 is 5.97 Å². The highest BCUT2D eigenvalue weighted by molar-refractivity contribution is 7.10. The number of carbonyl (C=O) groups excluding carboxylic acids is 1. The van der Waals surface area contributed by atoms with Crippen LogP contribution in [-0.4, -0.2) is 33.4 Å². The van der Waals surface area contributed by atoms with Crippen molar-refractivity contribution in [2.24, 2.45) is 0 Å². The lowest BCUT2D eigenvalue weighted by molar-refractivity contribution is 0.0646. The Kier molecular flexibility index (Phi) is 4.17. The van der Waals surface area contributed by atoms with E-state index < -0.39 is 5.97 Å². The number of aryl methyl sites for hydroxylation is 1. The average molecular weight is 330 g/mol. The SMILES string of the molecule is CC[C@H]1c2ccsc2CCN1C(=O)c1ccc(C(=O)O)c(C)n1. The number of aromatic nitrogens is 1. The van der Waals surface area contributed by atoms with Gasteiger partial charge in [0.15, 0.2) is 0 Å². The monoisotopic (exact) mass is 330 g/mol. The third kappa shape index (κ3) is 2.74. The number of carbonyl (C=O) groups is 2. The molecule has 0 aromatic carbocycles. The molecule has 2 aromatic heterocycles. The maximum absolute atomic E-state index is 12.9. The van der Waals surface area contributed by atoms with Crippen LogP contribution in [0.25, 0.3) is 0 Å². The van der Waals surface area contributed by atoms with Crippen LogP contribution in [-0.2, 0) is 6.42 Å². The van der Waals surface area contributed by atoms with Crippen LogP contribution in [0.2, 0.25) is 0 Å². The van der Waals surface area contributed by atoms with E-state index in [4.69, 9.17) is 5.11 Å². The van der Waals surface area contributed by atoms with Crippen molar-refractivity contribution in [3.63, 3.8) is 0 Å². The van der Waals surface area contributed by atoms with Gasteiger partial charge in [-0.1, -0.05) is 6.92 Å². The number of thiophene rings is 1. The van der Waals surface area contributed by atoms with E-state index in [0.29, 0.717) is 17.9 Å². The van der Waals surface area contributed by atoms with Gasteiger partial charge in [-0.25, -0.2) is 9.78 Å². The minimum Gasteiger partial charge on any atom is -0.478 e. The van der Waals surface area contributed by atoms with Crippen LogP contribution in [0.4, 0.5) is 0 Å². The number of hydrogen-bond acceptors (Lipinski definition) is 4. The predicted octanol–water partition coefficient (Wildman–Crippen LogP) is 3.30. The zero-order valence-electron chi connectivity index (χ0n) is 13.1. The van der Waals surface area contributed by atoms with Crippen molar-refractivity contribution >= 4 is 23.2 Å². The summed E-state index contributed by atoms with van der Waals surface area (Å²) in [6.07, 6.45) is 1.71. The molecular formula is C17H18N2O3S. The molecule has 6 heteroatoms. The first-order valence-electron chi connectivity index (χ1n) is 7.61. The van der Waals surface area contributed by atoms with Crippen molar-refractivity contribution in [1.82, 2.24) is 9.88 Å². The van der Waals surface area contributed by atoms with Crippen LogP contribution < -0.4 is 0 Å². The normalized spacial score (nSPS) is 17.0. The van der Waals surface area contributed by atoms with Crippen molar-refractivity contribution in [1.29, 1.82) is 0 Å². The van der Waals surface area contributed by atoms with Gasteiger partial charge in [0.2, 0.25) is 0 Å². The fourth-order valence-corrected chi connectivity index (χ4v) is 4.06. The molecule has 1 atom stereocenters. The second-order valence-electron chi connectivity index (χ2n) is 5.61. The molecule has 0 unspecified atom stereocenters. The first-order valence-corrected chi connectivity index (χ1v) is 8.49. The van der Waals surface area contributed by atoms with Crippen molar-refractivity contribution in [3.8, 4) is 0 Å². The summed E-state index contributed by atoms with van der Waals surface area (Å²) in [5, 5.41) is 11.2. The van der Waals surface area contributed by atoms with E-state index in [9.17, 15) is 9.59 Å². The summed E-state index contributed by atoms with van der Waals surface area (Å²) in [6, 6.07) is 5.13. The standard InChI is InChI=1S/C17H18N2O3S/c1-3-14-12-7-9-23-15(12)6-8-19(14)16(20)13-5-4-11(17(21)22)10(2)18-13/h4-5,7,9,14H,3,6,8H2,1-2H3,(H,21,22)/t14-/m0/s1. The number of pyridine rings is 1. The van der Waals surface area contributed by atoms with Gasteiger partial charge in [-0.2, -0.15) is 0 Å². The molecule has 0 radical (unpaired) electrons. The smallest absolute Gasteiger partial charge is 0.337 e. The number of nitrogens with zero attached hydrogens (tertiary/aromatic N) is 2. The van der Waals surface area contributed by atoms with Gasteiger partial charge in [-0.15, -0.1) is 11.3 Å². The van der Waals surface area contributed by atoms with E-state index in [1.54, 1.807) is 18.3 Å². The Labute approximate surface area is 138 Å². The van der Waals surface area contributed by atoms with Gasteiger partial charge in [0.1, 0.15) is 5.69 Å². The Morgan fingerprint density at radius 2 is 2.17 bits per heavy atom. The fraction of sp³-hybridized carbons (Fsp3) is 0.353. The molecule has 3 rings (SSSR count). The molecule has 1 aliphatic heterocycles. The molecule has 120 valence electrons. The molecule has 0 saturated carbocycles. The number of hydrogen-bond donors (Lipinski definition) is 1. The van der Waals surface area contributed by atoms with Crippen molar-refractivity contribution in [2.75, 3.05) is 6.54 Å². The molecule has 1 amide bonds. The Bertz CT molecular complexity index is 769. The van der Waals surface area contributed by atoms with E-state index in [0.717, 1.165) is 12.8 Å². The Morgan fingerprint density at radius 1 is 1.39 bits per heavy atom. The highest BCUT2D eigenvalue weighted by atomic mass is 32.1. The lowest BCUT2D eigenvalue weighted by Crippen LogP contribution is -2.39. The third-order valence-corrected chi connectivity index (χ3v) is 5.27. The Balaban J connectivity index is 1.91. The van der Waals surface area contributed by atoms with Crippen LogP contribution in [0.1, 0.15) is 56.4 Å². The maximum Gasteiger partial charge on any atom is 0.337 e. The molecule has 5 nitrogen and oxygen atoms in total. The number of rotatable bonds is 3. The van der Waals surface area contributed by atoms with Crippen molar-refractivity contribution < 1.29 is 14.7 Å². The number of amides is 1. The largest absolute Gasteiger partial charge is 0.478 e. The second kappa shape index (κ2) is 6.12. The summed E-state index contributed by atoms with van der Waals surface area (Å²) in [6.45, 7) is 4.36. The first kappa shape index (κ1) is 15.7. The third-order valence-electron chi connectivity index (χ3n) is 4.28. The summed E-state index contributed by atoms with van der Waals surface area (Å²) in [4.78, 5) is 31.4. The van der Waals surface area contributed by atoms with E-state index in [1.807, 2.05) is 4.90 Å². The minimum absolute atomic E-state index is 0.0683. The summed E-state index contributed by atoms with van der Waals surface area (Å²) in [7, 11) is 0. The summed E-state index contributed by atoms with van der Waals surface area (Å²) >= 11 is 1.74. The molecular weight excluding hydrogens is 312 g/mol. The van der Waals surface area contributed by atoms with E-state index in [-0.39, 0.29) is 17.5 Å². The molecule has 1 aliphatic rings. The number of aromatic carboxylic acids is 1. The van der Waals surface area contributed by atoms with Gasteiger partial charge < -0.3 is 10.0 Å². The van der Waals surface area contributed by atoms with Gasteiger partial charge in [0, 0.05) is 11.4 Å². The Hall–Kier alpha value is -2.21. The molecule has 0 fully saturated rings. The maximum atomic E-state index is 12.9. The molecule has 23 heavy (non-hydrogen) atoms. The van der Waals surface area contributed by atoms with Gasteiger partial charge in [-0.3, -0.25) is 4.79 Å². The number of carboxylic acid groups (broad SMARTS) is 1. The molecule has 1 N–H and O–H groups in total. The van der Waals surface area contributed by atoms with Crippen LogP contribution in [0.3, 0.4) is 0 Å². The molecule has 0 bridgehead atoms. The topological polar surface area (TPSA) is 70.5 Å². The highest BCUT2D eigenvalue weighted by Gasteiger charge is 2.31. The second-order valence-corrected chi connectivity index (χ2v) is 6.61. The van der Waals surface area contributed by atoms with Crippen LogP contribution in [0, 0.1) is 6.92 Å². The predicted molar refractivity (Wildman–Crippen MR) is 88.0 cm³/mol. The number of carboxylic acids is 1. The molecule has 0 saturated heterocycles. The minimum atomic E-state index is -1.03. The van der Waals surface area contributed by atoms with E-state index in [1.165, 1.54) is 22.6 Å². The van der Waals surface area contributed by atoms with Crippen molar-refractivity contribution in [3.05, 3.63) is 51.0 Å². The zero-order valence-corrected chi connectivity index (χ0v) is 13.9. The fourth-order valence-electron chi connectivity index (χ4n) is 3.13. The summed E-state index contributed by atoms with van der Waals surface area (Å²) in [5.41, 5.74) is 2.04. The lowest BCUT2D eigenvalue weighted by Gasteiger charge is -2.35. The van der Waals surface area contributed by atoms with Crippen LogP contribution >= 0.6 is 11.3 Å². The average Bonchev–Trinajstić information content (AvgIpc) is 3.01. The van der Waals surface area contributed by atoms with Crippen molar-refractivity contribution in [2.45, 2.75) is 32.7 Å². The van der Waals surface area contributed by atoms with Crippen LogP contribution in [0.5, 0.6) is 0 Å². The summed E-state index contributed by atoms with van der Waals surface area (Å²) < 4.78 is 0. The number of fused-ring (bicyclic) bond motifs is 1. The quantitative estimate of drug-likeness (QED) is 0.937. The molecule has 0 aliphatic carbocycles.